The van der Waals surface area contributed by atoms with E-state index in [1.165, 1.54) is 33.4 Å². The van der Waals surface area contributed by atoms with E-state index in [4.69, 9.17) is 45.6 Å². The van der Waals surface area contributed by atoms with Crippen molar-refractivity contribution in [2.24, 2.45) is 17.2 Å². The molecule has 0 radical (unpaired) electrons. The van der Waals surface area contributed by atoms with Gasteiger partial charge in [0.2, 0.25) is 0 Å². The molecule has 2 aromatic heterocycles. The second-order valence-corrected chi connectivity index (χ2v) is 33.6. The zero-order valence-electron chi connectivity index (χ0n) is 75.3. The Hall–Kier alpha value is -14.0. The number of ether oxygens (including phenoxy) is 6. The summed E-state index contributed by atoms with van der Waals surface area (Å²) < 4.78 is 38.1. The van der Waals surface area contributed by atoms with Crippen molar-refractivity contribution >= 4 is 50.5 Å². The van der Waals surface area contributed by atoms with E-state index in [0.29, 0.717) is 118 Å². The van der Waals surface area contributed by atoms with Crippen LogP contribution in [0, 0.1) is 41.5 Å². The number of para-hydroxylation sites is 3. The Balaban J connectivity index is 0.000000167. The molecule has 0 fully saturated rings. The van der Waals surface area contributed by atoms with Crippen LogP contribution in [0.15, 0.2) is 304 Å². The first-order valence-corrected chi connectivity index (χ1v) is 44.3. The molecule has 3 atom stereocenters. The number of aromatic nitrogens is 3. The highest BCUT2D eigenvalue weighted by Gasteiger charge is 2.25. The molecule has 0 bridgehead atoms. The Kier molecular flexibility index (Phi) is 34.2. The lowest BCUT2D eigenvalue weighted by atomic mass is 10.0. The van der Waals surface area contributed by atoms with Crippen LogP contribution in [-0.2, 0) is 93.3 Å². The van der Waals surface area contributed by atoms with Gasteiger partial charge in [-0.1, -0.05) is 264 Å². The summed E-state index contributed by atoms with van der Waals surface area (Å²) in [6.45, 7) is 19.7. The number of nitrogens with one attached hydrogen (secondary N) is 1. The van der Waals surface area contributed by atoms with E-state index in [1.807, 2.05) is 146 Å². The number of benzene rings is 13. The number of aromatic amines is 1. The molecule has 15 aromatic rings. The lowest BCUT2D eigenvalue weighted by molar-refractivity contribution is -0.139. The van der Waals surface area contributed by atoms with Crippen LogP contribution in [-0.4, -0.2) is 101 Å². The van der Waals surface area contributed by atoms with E-state index in [0.717, 1.165) is 134 Å². The van der Waals surface area contributed by atoms with Gasteiger partial charge in [-0.05, 0) is 166 Å². The van der Waals surface area contributed by atoms with Crippen LogP contribution in [0.4, 0.5) is 0 Å². The minimum Gasteiger partial charge on any atom is -0.489 e. The van der Waals surface area contributed by atoms with Gasteiger partial charge in [0.15, 0.2) is 0 Å². The average Bonchev–Trinajstić information content (AvgIpc) is 1.77. The van der Waals surface area contributed by atoms with Crippen LogP contribution in [0.5, 0.6) is 34.5 Å². The minimum atomic E-state index is -1.01. The number of pyridine rings is 1. The molecule has 21 heteroatoms. The zero-order valence-corrected chi connectivity index (χ0v) is 75.3. The number of nitrogens with zero attached hydrogens (tertiary/aromatic N) is 5. The number of carbonyl (C=O) groups is 3. The number of carboxylic acid groups (broad SMARTS) is 3. The number of aryl methyl sites for hydroxylation is 6. The first kappa shape index (κ1) is 94.6. The van der Waals surface area contributed by atoms with Crippen LogP contribution < -0.4 is 45.6 Å². The van der Waals surface area contributed by atoms with E-state index >= 15 is 0 Å². The van der Waals surface area contributed by atoms with E-state index in [-0.39, 0.29) is 0 Å². The van der Waals surface area contributed by atoms with Gasteiger partial charge in [0.05, 0.1) is 17.2 Å². The van der Waals surface area contributed by atoms with Crippen molar-refractivity contribution in [1.82, 2.24) is 29.9 Å². The van der Waals surface area contributed by atoms with Crippen molar-refractivity contribution in [1.29, 1.82) is 0 Å². The molecule has 2 heterocycles. The molecule has 0 aliphatic carbocycles. The fourth-order valence-electron chi connectivity index (χ4n) is 15.9. The normalized spacial score (nSPS) is 11.9. The summed E-state index contributed by atoms with van der Waals surface area (Å²) in [4.78, 5) is 46.0. The van der Waals surface area contributed by atoms with Gasteiger partial charge >= 0.3 is 17.9 Å². The van der Waals surface area contributed by atoms with Crippen molar-refractivity contribution in [3.05, 3.63) is 404 Å². The maximum Gasteiger partial charge on any atom is 0.320 e. The van der Waals surface area contributed by atoms with Gasteiger partial charge in [0.1, 0.15) is 92.3 Å². The van der Waals surface area contributed by atoms with Gasteiger partial charge in [-0.25, -0.2) is 0 Å². The molecule has 21 nitrogen and oxygen atoms in total. The third-order valence-electron chi connectivity index (χ3n) is 22.8. The molecule has 13 aromatic carbocycles. The third-order valence-corrected chi connectivity index (χ3v) is 22.8. The molecule has 0 saturated carbocycles. The number of fused-ring (bicyclic) bond motifs is 3. The van der Waals surface area contributed by atoms with Gasteiger partial charge in [0, 0.05) is 109 Å². The number of hydrogen-bond acceptors (Lipinski definition) is 17. The Morgan fingerprint density at radius 1 is 0.321 bits per heavy atom. The molecule has 0 aliphatic rings. The maximum absolute atomic E-state index is 11.6. The van der Waals surface area contributed by atoms with E-state index in [1.54, 1.807) is 6.20 Å². The van der Waals surface area contributed by atoms with Crippen LogP contribution in [0.25, 0.3) is 32.6 Å². The van der Waals surface area contributed by atoms with Gasteiger partial charge in [-0.15, -0.1) is 0 Å². The van der Waals surface area contributed by atoms with Crippen molar-refractivity contribution in [2.75, 3.05) is 19.6 Å². The van der Waals surface area contributed by atoms with Gasteiger partial charge < -0.3 is 60.9 Å². The van der Waals surface area contributed by atoms with Crippen LogP contribution >= 0.6 is 0 Å². The molecule has 131 heavy (non-hydrogen) atoms. The van der Waals surface area contributed by atoms with Crippen molar-refractivity contribution in [2.45, 2.75) is 158 Å². The number of carboxylic acids is 3. The SMILES string of the molecule is Cc1cccc(COc2ccccc2CN(CC[C@H](N)C(=O)O)Cc2c(OCc3cccc(C)c3)ccc3[nH]ncc23)c1.Cc1cccc(COc2ccccc2CN(CC[C@H](N)C(=O)O)Cc2c(OCc3cccc(C)c3)ccc3ncccc23)c1.Cc1cccc(COc2ccccc2CN(CC[C@H](N)C(=O)O)Cc2cc3ccccc3cc2OCc2cccc(C)c2)c1. The quantitative estimate of drug-likeness (QED) is 0.0187. The highest BCUT2D eigenvalue weighted by atomic mass is 16.5. The Bertz CT molecular complexity index is 6260. The van der Waals surface area contributed by atoms with Crippen molar-refractivity contribution in [3.8, 4) is 34.5 Å². The minimum absolute atomic E-state index is 0.294. The maximum atomic E-state index is 11.6. The summed E-state index contributed by atoms with van der Waals surface area (Å²) in [7, 11) is 0. The number of aliphatic carboxylic acids is 3. The average molecular weight is 1760 g/mol. The fraction of sp³-hybridized carbons (Fsp3) is 0.245. The second kappa shape index (κ2) is 47.3. The highest BCUT2D eigenvalue weighted by Crippen LogP contribution is 2.36. The van der Waals surface area contributed by atoms with Crippen molar-refractivity contribution in [3.63, 3.8) is 0 Å². The van der Waals surface area contributed by atoms with Crippen LogP contribution in [0.3, 0.4) is 0 Å². The lowest BCUT2D eigenvalue weighted by Gasteiger charge is -2.26. The summed E-state index contributed by atoms with van der Waals surface area (Å²) >= 11 is 0. The molecule has 674 valence electrons. The molecule has 15 rings (SSSR count). The van der Waals surface area contributed by atoms with E-state index in [9.17, 15) is 29.7 Å². The third kappa shape index (κ3) is 28.5. The molecule has 10 N–H and O–H groups in total. The van der Waals surface area contributed by atoms with Gasteiger partial charge in [-0.3, -0.25) is 39.2 Å². The van der Waals surface area contributed by atoms with Crippen molar-refractivity contribution < 1.29 is 58.1 Å². The van der Waals surface area contributed by atoms with E-state index in [2.05, 4.69) is 223 Å². The molecule has 0 saturated heterocycles. The standard InChI is InChI=1S/C38H40N2O4.C37H39N3O4.C35H38N4O4/c1-27-9-7-11-29(19-27)25-43-36-16-6-5-15-33(36)23-40(18-17-35(39)38(41)42)24-34-21-31-13-3-4-14-32(31)22-37(34)44-26-30-12-8-10-28(2)20-30;1-26-8-5-10-28(20-26)24-43-35-14-4-3-12-30(35)22-40(19-17-33(38)37(41)42)23-32-31-13-7-18-39-34(31)15-16-36(32)44-25-29-11-6-9-27(2)21-29;1-24-7-5-9-26(17-24)22-42-33-12-4-3-11-28(33)20-39(16-15-31(36)35(40)41)21-30-29-19-37-38-32(29)13-14-34(30)43-23-27-10-6-8-25(2)18-27/h3-16,19-22,35H,17-18,23-26,39H2,1-2H3,(H,41,42);3-16,18,20-21,33H,17,19,22-25,38H2,1-2H3,(H,41,42);3-14,17-19,31H,15-16,20-23,36H2,1-2H3,(H,37,38)(H,40,41)/t35-;33-;31-/m000/s1. The summed E-state index contributed by atoms with van der Waals surface area (Å²) in [5, 5.41) is 40.0. The molecule has 0 unspecified atom stereocenters. The zero-order chi connectivity index (χ0) is 92.0. The lowest BCUT2D eigenvalue weighted by Crippen LogP contribution is -2.35. The number of rotatable bonds is 42. The van der Waals surface area contributed by atoms with E-state index < -0.39 is 36.0 Å². The highest BCUT2D eigenvalue weighted by molar-refractivity contribution is 5.86. The smallest absolute Gasteiger partial charge is 0.320 e. The van der Waals surface area contributed by atoms with Crippen LogP contribution in [0.1, 0.15) is 119 Å². The summed E-state index contributed by atoms with van der Waals surface area (Å²) in [5.41, 5.74) is 39.3. The Morgan fingerprint density at radius 2 is 0.641 bits per heavy atom. The first-order chi connectivity index (χ1) is 63.5. The topological polar surface area (TPSA) is 297 Å². The van der Waals surface area contributed by atoms with Crippen LogP contribution in [0.2, 0.25) is 0 Å². The first-order valence-electron chi connectivity index (χ1n) is 44.3. The second-order valence-electron chi connectivity index (χ2n) is 33.6. The molecular weight excluding hydrogens is 1640 g/mol. The summed E-state index contributed by atoms with van der Waals surface area (Å²) in [6, 6.07) is 95.2. The number of nitrogens with two attached hydrogens (primary N) is 3. The Morgan fingerprint density at radius 3 is 1.02 bits per heavy atom. The predicted molar refractivity (Wildman–Crippen MR) is 517 cm³/mol. The predicted octanol–water partition coefficient (Wildman–Crippen LogP) is 20.4. The molecular formula is C110H117N9O12. The fourth-order valence-corrected chi connectivity index (χ4v) is 15.9. The summed E-state index contributed by atoms with van der Waals surface area (Å²) in [5.74, 6) is 1.68. The molecule has 0 amide bonds. The largest absolute Gasteiger partial charge is 0.489 e. The van der Waals surface area contributed by atoms with Gasteiger partial charge in [0.25, 0.3) is 0 Å². The number of hydrogen-bond donors (Lipinski definition) is 7. The monoisotopic (exact) mass is 1760 g/mol. The number of H-pyrrole nitrogens is 1. The molecule has 0 spiro atoms. The molecule has 0 aliphatic heterocycles. The summed E-state index contributed by atoms with van der Waals surface area (Å²) in [6.07, 6.45) is 4.50. The Labute approximate surface area is 767 Å². The van der Waals surface area contributed by atoms with Gasteiger partial charge in [-0.2, -0.15) is 5.10 Å².